The molecule has 1 N–H and O–H groups in total. The first-order valence-electron chi connectivity index (χ1n) is 11.6. The first kappa shape index (κ1) is 23.8. The lowest BCUT2D eigenvalue weighted by Crippen LogP contribution is -2.43. The van der Waals surface area contributed by atoms with Gasteiger partial charge in [-0.15, -0.1) is 4.80 Å². The number of ether oxygens (including phenoxy) is 1. The highest BCUT2D eigenvalue weighted by molar-refractivity contribution is 7.17. The number of carbonyl (C=O) groups is 1. The van der Waals surface area contributed by atoms with Gasteiger partial charge in [0.1, 0.15) is 15.7 Å². The number of amides is 1. The second-order valence-electron chi connectivity index (χ2n) is 9.20. The van der Waals surface area contributed by atoms with Gasteiger partial charge in [0.25, 0.3) is 5.91 Å². The fourth-order valence-corrected chi connectivity index (χ4v) is 5.58. The summed E-state index contributed by atoms with van der Waals surface area (Å²) in [6.45, 7) is 4.37. The van der Waals surface area contributed by atoms with Gasteiger partial charge in [0.05, 0.1) is 36.4 Å². The van der Waals surface area contributed by atoms with Gasteiger partial charge in [-0.1, -0.05) is 36.8 Å². The van der Waals surface area contributed by atoms with Crippen molar-refractivity contribution >= 4 is 39.9 Å². The third-order valence-corrected chi connectivity index (χ3v) is 7.31. The van der Waals surface area contributed by atoms with E-state index in [-0.39, 0.29) is 24.1 Å². The summed E-state index contributed by atoms with van der Waals surface area (Å²) in [4.78, 5) is 27.9. The van der Waals surface area contributed by atoms with Crippen LogP contribution in [0.5, 0.6) is 0 Å². The van der Waals surface area contributed by atoms with E-state index in [0.717, 1.165) is 42.5 Å². The third kappa shape index (κ3) is 5.07. The van der Waals surface area contributed by atoms with Crippen molar-refractivity contribution in [1.82, 2.24) is 39.8 Å². The van der Waals surface area contributed by atoms with E-state index in [1.165, 1.54) is 22.3 Å². The second-order valence-corrected chi connectivity index (χ2v) is 10.9. The summed E-state index contributed by atoms with van der Waals surface area (Å²) in [6.07, 6.45) is 9.65. The van der Waals surface area contributed by atoms with Crippen LogP contribution in [0.2, 0.25) is 4.34 Å². The molecule has 12 heteroatoms. The summed E-state index contributed by atoms with van der Waals surface area (Å²) < 4.78 is 8.59. The summed E-state index contributed by atoms with van der Waals surface area (Å²) >= 11 is 7.15. The monoisotopic (exact) mass is 514 g/mol. The molecule has 4 aromatic heterocycles. The molecule has 0 bridgehead atoms. The molecule has 0 unspecified atom stereocenters. The standard InChI is InChI=1S/C23H27ClN8O2S/c1-13(2)6-21-30-17-11-25-20(32-27-4-5-28-32)10-18(17)31(21)15-7-14(8-16(9-15)34-3)29-22(33)23-26-12-19(24)35-23/h4-5,10-16H,6-9H2,1-3H3,(H,29,33)/t14-,15+,16-/m0/s1. The van der Waals surface area contributed by atoms with Gasteiger partial charge in [-0.25, -0.2) is 15.0 Å². The Morgan fingerprint density at radius 3 is 2.71 bits per heavy atom. The van der Waals surface area contributed by atoms with Crippen molar-refractivity contribution in [2.24, 2.45) is 5.92 Å². The van der Waals surface area contributed by atoms with Crippen LogP contribution in [0, 0.1) is 5.92 Å². The smallest absolute Gasteiger partial charge is 0.280 e. The molecule has 5 rings (SSSR count). The largest absolute Gasteiger partial charge is 0.381 e. The van der Waals surface area contributed by atoms with Crippen molar-refractivity contribution < 1.29 is 9.53 Å². The fraction of sp³-hybridized carbons (Fsp3) is 0.478. The van der Waals surface area contributed by atoms with Crippen LogP contribution in [0.1, 0.15) is 54.8 Å². The number of carbonyl (C=O) groups excluding carboxylic acids is 1. The van der Waals surface area contributed by atoms with Gasteiger partial charge in [0.15, 0.2) is 10.8 Å². The fourth-order valence-electron chi connectivity index (χ4n) is 4.76. The highest BCUT2D eigenvalue weighted by atomic mass is 35.5. The molecule has 0 radical (unpaired) electrons. The molecule has 4 aromatic rings. The van der Waals surface area contributed by atoms with E-state index in [0.29, 0.717) is 21.1 Å². The molecule has 0 saturated heterocycles. The number of imidazole rings is 1. The molecule has 10 nitrogen and oxygen atoms in total. The van der Waals surface area contributed by atoms with Gasteiger partial charge in [0.2, 0.25) is 0 Å². The molecule has 1 aliphatic rings. The van der Waals surface area contributed by atoms with Gasteiger partial charge in [-0.3, -0.25) is 4.79 Å². The van der Waals surface area contributed by atoms with Crippen LogP contribution in [0.15, 0.2) is 30.9 Å². The first-order valence-corrected chi connectivity index (χ1v) is 12.8. The molecule has 1 aliphatic carbocycles. The number of halogens is 1. The Kier molecular flexibility index (Phi) is 6.81. The lowest BCUT2D eigenvalue weighted by atomic mass is 9.88. The zero-order valence-electron chi connectivity index (χ0n) is 19.8. The summed E-state index contributed by atoms with van der Waals surface area (Å²) in [5.74, 6) is 1.85. The summed E-state index contributed by atoms with van der Waals surface area (Å²) in [7, 11) is 1.72. The molecule has 1 amide bonds. The van der Waals surface area contributed by atoms with Crippen molar-refractivity contribution in [2.45, 2.75) is 57.7 Å². The van der Waals surface area contributed by atoms with E-state index in [1.54, 1.807) is 25.7 Å². The SMILES string of the molecule is CO[C@H]1C[C@@H](NC(=O)c2ncc(Cl)s2)C[C@@H](n2c(CC(C)C)nc3cnc(-n4nccn4)cc32)C1. The van der Waals surface area contributed by atoms with Gasteiger partial charge in [-0.05, 0) is 25.2 Å². The molecule has 0 spiro atoms. The molecular weight excluding hydrogens is 488 g/mol. The van der Waals surface area contributed by atoms with E-state index in [1.807, 2.05) is 6.07 Å². The van der Waals surface area contributed by atoms with E-state index >= 15 is 0 Å². The quantitative estimate of drug-likeness (QED) is 0.398. The van der Waals surface area contributed by atoms with Crippen LogP contribution in [0.3, 0.4) is 0 Å². The molecule has 184 valence electrons. The highest BCUT2D eigenvalue weighted by Crippen LogP contribution is 2.35. The molecule has 0 aromatic carbocycles. The van der Waals surface area contributed by atoms with Gasteiger partial charge in [0, 0.05) is 31.7 Å². The van der Waals surface area contributed by atoms with E-state index in [4.69, 9.17) is 21.3 Å². The Morgan fingerprint density at radius 1 is 1.23 bits per heavy atom. The topological polar surface area (TPSA) is 113 Å². The minimum atomic E-state index is -0.212. The summed E-state index contributed by atoms with van der Waals surface area (Å²) in [5.41, 5.74) is 1.80. The Morgan fingerprint density at radius 2 is 2.03 bits per heavy atom. The summed E-state index contributed by atoms with van der Waals surface area (Å²) in [6, 6.07) is 1.99. The van der Waals surface area contributed by atoms with E-state index < -0.39 is 0 Å². The Labute approximate surface area is 211 Å². The van der Waals surface area contributed by atoms with Crippen LogP contribution >= 0.6 is 22.9 Å². The Balaban J connectivity index is 1.50. The molecule has 1 saturated carbocycles. The van der Waals surface area contributed by atoms with Crippen molar-refractivity contribution in [3.8, 4) is 5.82 Å². The van der Waals surface area contributed by atoms with Crippen LogP contribution < -0.4 is 5.32 Å². The number of fused-ring (bicyclic) bond motifs is 1. The number of methoxy groups -OCH3 is 1. The van der Waals surface area contributed by atoms with Crippen LogP contribution in [-0.4, -0.2) is 59.7 Å². The molecule has 4 heterocycles. The van der Waals surface area contributed by atoms with Crippen LogP contribution in [0.25, 0.3) is 16.9 Å². The minimum Gasteiger partial charge on any atom is -0.381 e. The summed E-state index contributed by atoms with van der Waals surface area (Å²) in [5, 5.41) is 12.0. The van der Waals surface area contributed by atoms with E-state index in [9.17, 15) is 4.79 Å². The number of thiazole rings is 1. The number of pyridine rings is 1. The van der Waals surface area contributed by atoms with Gasteiger partial charge >= 0.3 is 0 Å². The average molecular weight is 515 g/mol. The maximum Gasteiger partial charge on any atom is 0.280 e. The zero-order valence-corrected chi connectivity index (χ0v) is 21.3. The molecular formula is C23H27ClN8O2S. The van der Waals surface area contributed by atoms with Crippen molar-refractivity contribution in [2.75, 3.05) is 7.11 Å². The molecule has 35 heavy (non-hydrogen) atoms. The van der Waals surface area contributed by atoms with Crippen molar-refractivity contribution in [1.29, 1.82) is 0 Å². The van der Waals surface area contributed by atoms with Crippen LogP contribution in [0.4, 0.5) is 0 Å². The second kappa shape index (κ2) is 10.00. The number of rotatable bonds is 7. The maximum atomic E-state index is 12.8. The van der Waals surface area contributed by atoms with Crippen molar-refractivity contribution in [3.63, 3.8) is 0 Å². The lowest BCUT2D eigenvalue weighted by molar-refractivity contribution is 0.0390. The number of aromatic nitrogens is 7. The van der Waals surface area contributed by atoms with Crippen LogP contribution in [-0.2, 0) is 11.2 Å². The number of nitrogens with zero attached hydrogens (tertiary/aromatic N) is 7. The number of nitrogens with one attached hydrogen (secondary N) is 1. The Hall–Kier alpha value is -2.89. The maximum absolute atomic E-state index is 12.8. The van der Waals surface area contributed by atoms with Crippen molar-refractivity contribution in [3.05, 3.63) is 46.0 Å². The lowest BCUT2D eigenvalue weighted by Gasteiger charge is -2.36. The minimum absolute atomic E-state index is 0.00243. The van der Waals surface area contributed by atoms with Gasteiger partial charge < -0.3 is 14.6 Å². The third-order valence-electron chi connectivity index (χ3n) is 6.19. The first-order chi connectivity index (χ1) is 16.9. The normalized spacial score (nSPS) is 20.5. The average Bonchev–Trinajstić information content (AvgIpc) is 3.57. The highest BCUT2D eigenvalue weighted by Gasteiger charge is 2.33. The van der Waals surface area contributed by atoms with E-state index in [2.05, 4.69) is 43.9 Å². The zero-order chi connectivity index (χ0) is 24.5. The predicted molar refractivity (Wildman–Crippen MR) is 133 cm³/mol. The Bertz CT molecular complexity index is 1320. The molecule has 1 fully saturated rings. The predicted octanol–water partition coefficient (Wildman–Crippen LogP) is 3.86. The number of hydrogen-bond donors (Lipinski definition) is 1. The molecule has 0 aliphatic heterocycles. The number of hydrogen-bond acceptors (Lipinski definition) is 8. The molecule has 3 atom stereocenters. The van der Waals surface area contributed by atoms with Gasteiger partial charge in [-0.2, -0.15) is 10.2 Å².